The minimum atomic E-state index is -0.321. The summed E-state index contributed by atoms with van der Waals surface area (Å²) in [5.74, 6) is -0.596. The van der Waals surface area contributed by atoms with Gasteiger partial charge in [-0.05, 0) is 13.8 Å². The number of carbonyl (C=O) groups excluding carboxylic acids is 2. The molecular formula is C13H22N4O3S. The van der Waals surface area contributed by atoms with Crippen LogP contribution in [0.25, 0.3) is 0 Å². The lowest BCUT2D eigenvalue weighted by atomic mass is 10.2. The third-order valence-electron chi connectivity index (χ3n) is 2.68. The van der Waals surface area contributed by atoms with Crippen LogP contribution >= 0.6 is 11.3 Å². The van der Waals surface area contributed by atoms with Gasteiger partial charge in [0.15, 0.2) is 0 Å². The Labute approximate surface area is 128 Å². The predicted molar refractivity (Wildman–Crippen MR) is 85.1 cm³/mol. The number of hydrogen-bond acceptors (Lipinski definition) is 6. The molecular weight excluding hydrogens is 292 g/mol. The first-order valence-electron chi connectivity index (χ1n) is 6.80. The number of nitrogens with two attached hydrogens (primary N) is 1. The standard InChI is InChI=1S/C13H22N4O3S/c1-4-16-12(19)10-9(14)8(11(18)15-3)13(21-10)17-6-7-20-5-2/h17H,4-7,14H2,1-3H3,(H,15,18)(H,16,19). The van der Waals surface area contributed by atoms with Crippen molar-refractivity contribution in [2.45, 2.75) is 13.8 Å². The summed E-state index contributed by atoms with van der Waals surface area (Å²) in [6.45, 7) is 5.90. The second-order valence-corrected chi connectivity index (χ2v) is 5.13. The Balaban J connectivity index is 3.00. The Morgan fingerprint density at radius 1 is 1.29 bits per heavy atom. The molecule has 118 valence electrons. The number of nitrogen functional groups attached to an aromatic ring is 1. The van der Waals surface area contributed by atoms with Crippen LogP contribution in [0, 0.1) is 0 Å². The van der Waals surface area contributed by atoms with Crippen LogP contribution in [-0.4, -0.2) is 45.2 Å². The van der Waals surface area contributed by atoms with Gasteiger partial charge in [-0.2, -0.15) is 0 Å². The van der Waals surface area contributed by atoms with E-state index < -0.39 is 0 Å². The van der Waals surface area contributed by atoms with E-state index in [1.165, 1.54) is 18.4 Å². The minimum absolute atomic E-state index is 0.198. The number of thiophene rings is 1. The topological polar surface area (TPSA) is 105 Å². The van der Waals surface area contributed by atoms with E-state index in [1.54, 1.807) is 0 Å². The van der Waals surface area contributed by atoms with E-state index in [2.05, 4.69) is 16.0 Å². The molecule has 21 heavy (non-hydrogen) atoms. The second kappa shape index (κ2) is 8.48. The Morgan fingerprint density at radius 3 is 2.57 bits per heavy atom. The van der Waals surface area contributed by atoms with Crippen LogP contribution < -0.4 is 21.7 Å². The fraction of sp³-hybridized carbons (Fsp3) is 0.538. The van der Waals surface area contributed by atoms with E-state index in [1.807, 2.05) is 13.8 Å². The first-order chi connectivity index (χ1) is 10.1. The lowest BCUT2D eigenvalue weighted by Crippen LogP contribution is -2.24. The number of hydrogen-bond donors (Lipinski definition) is 4. The molecule has 0 radical (unpaired) electrons. The van der Waals surface area contributed by atoms with Gasteiger partial charge in [-0.1, -0.05) is 0 Å². The summed E-state index contributed by atoms with van der Waals surface area (Å²) in [6.07, 6.45) is 0. The number of anilines is 2. The van der Waals surface area contributed by atoms with Crippen molar-refractivity contribution in [3.05, 3.63) is 10.4 Å². The van der Waals surface area contributed by atoms with Crippen LogP contribution in [0.15, 0.2) is 0 Å². The molecule has 1 heterocycles. The normalized spacial score (nSPS) is 10.2. The molecule has 0 saturated carbocycles. The average Bonchev–Trinajstić information content (AvgIpc) is 2.80. The summed E-state index contributed by atoms with van der Waals surface area (Å²) in [6, 6.07) is 0. The third-order valence-corrected chi connectivity index (χ3v) is 3.84. The van der Waals surface area contributed by atoms with Crippen molar-refractivity contribution in [1.29, 1.82) is 0 Å². The van der Waals surface area contributed by atoms with Gasteiger partial charge in [0.1, 0.15) is 9.88 Å². The zero-order valence-electron chi connectivity index (χ0n) is 12.5. The average molecular weight is 314 g/mol. The summed E-state index contributed by atoms with van der Waals surface area (Å²) >= 11 is 1.17. The lowest BCUT2D eigenvalue weighted by molar-refractivity contribution is 0.0959. The van der Waals surface area contributed by atoms with Crippen molar-refractivity contribution in [1.82, 2.24) is 10.6 Å². The summed E-state index contributed by atoms with van der Waals surface area (Å²) in [4.78, 5) is 24.2. The number of amides is 2. The molecule has 0 aromatic carbocycles. The highest BCUT2D eigenvalue weighted by Gasteiger charge is 2.24. The molecule has 7 nitrogen and oxygen atoms in total. The minimum Gasteiger partial charge on any atom is -0.397 e. The summed E-state index contributed by atoms with van der Waals surface area (Å²) in [5, 5.41) is 8.89. The Kier molecular flexibility index (Phi) is 6.97. The lowest BCUT2D eigenvalue weighted by Gasteiger charge is -2.07. The molecule has 0 spiro atoms. The molecule has 0 unspecified atom stereocenters. The van der Waals surface area contributed by atoms with Crippen molar-refractivity contribution in [3.8, 4) is 0 Å². The van der Waals surface area contributed by atoms with Crippen LogP contribution in [0.1, 0.15) is 33.9 Å². The monoisotopic (exact) mass is 314 g/mol. The van der Waals surface area contributed by atoms with Crippen LogP contribution in [0.3, 0.4) is 0 Å². The van der Waals surface area contributed by atoms with Crippen molar-refractivity contribution in [3.63, 3.8) is 0 Å². The van der Waals surface area contributed by atoms with Gasteiger partial charge in [-0.15, -0.1) is 11.3 Å². The van der Waals surface area contributed by atoms with Crippen molar-refractivity contribution in [2.75, 3.05) is 44.4 Å². The van der Waals surface area contributed by atoms with E-state index in [4.69, 9.17) is 10.5 Å². The van der Waals surface area contributed by atoms with E-state index in [9.17, 15) is 9.59 Å². The summed E-state index contributed by atoms with van der Waals surface area (Å²) in [7, 11) is 1.52. The molecule has 1 rings (SSSR count). The highest BCUT2D eigenvalue weighted by Crippen LogP contribution is 2.35. The maximum absolute atomic E-state index is 12.0. The Morgan fingerprint density at radius 2 is 2.00 bits per heavy atom. The molecule has 8 heteroatoms. The van der Waals surface area contributed by atoms with Gasteiger partial charge in [0.05, 0.1) is 17.9 Å². The fourth-order valence-corrected chi connectivity index (χ4v) is 2.77. The third kappa shape index (κ3) is 4.33. The highest BCUT2D eigenvalue weighted by atomic mass is 32.1. The number of ether oxygens (including phenoxy) is 1. The van der Waals surface area contributed by atoms with E-state index in [-0.39, 0.29) is 17.5 Å². The van der Waals surface area contributed by atoms with Crippen LogP contribution in [0.2, 0.25) is 0 Å². The maximum atomic E-state index is 12.0. The zero-order chi connectivity index (χ0) is 15.8. The predicted octanol–water partition coefficient (Wildman–Crippen LogP) is 0.888. The van der Waals surface area contributed by atoms with Gasteiger partial charge in [0, 0.05) is 26.7 Å². The molecule has 0 bridgehead atoms. The zero-order valence-corrected chi connectivity index (χ0v) is 13.4. The van der Waals surface area contributed by atoms with Gasteiger partial charge >= 0.3 is 0 Å². The maximum Gasteiger partial charge on any atom is 0.263 e. The number of nitrogens with one attached hydrogen (secondary N) is 3. The van der Waals surface area contributed by atoms with Crippen LogP contribution in [0.5, 0.6) is 0 Å². The van der Waals surface area contributed by atoms with Gasteiger partial charge in [0.2, 0.25) is 0 Å². The van der Waals surface area contributed by atoms with Gasteiger partial charge < -0.3 is 26.4 Å². The van der Waals surface area contributed by atoms with E-state index >= 15 is 0 Å². The van der Waals surface area contributed by atoms with Gasteiger partial charge in [-0.25, -0.2) is 0 Å². The van der Waals surface area contributed by atoms with Gasteiger partial charge in [0.25, 0.3) is 11.8 Å². The van der Waals surface area contributed by atoms with Crippen molar-refractivity contribution < 1.29 is 14.3 Å². The molecule has 0 aliphatic heterocycles. The summed E-state index contributed by atoms with van der Waals surface area (Å²) in [5.41, 5.74) is 6.46. The second-order valence-electron chi connectivity index (χ2n) is 4.11. The first-order valence-corrected chi connectivity index (χ1v) is 7.62. The van der Waals surface area contributed by atoms with Crippen molar-refractivity contribution >= 4 is 33.8 Å². The van der Waals surface area contributed by atoms with Crippen molar-refractivity contribution in [2.24, 2.45) is 0 Å². The Bertz CT molecular complexity index is 502. The fourth-order valence-electron chi connectivity index (χ4n) is 1.71. The molecule has 1 aromatic rings. The Hall–Kier alpha value is -1.80. The largest absolute Gasteiger partial charge is 0.397 e. The molecule has 0 aliphatic carbocycles. The van der Waals surface area contributed by atoms with Crippen LogP contribution in [0.4, 0.5) is 10.7 Å². The highest BCUT2D eigenvalue weighted by molar-refractivity contribution is 7.19. The van der Waals surface area contributed by atoms with E-state index in [0.717, 1.165) is 0 Å². The SMILES string of the molecule is CCNC(=O)c1sc(NCCOCC)c(C(=O)NC)c1N. The first kappa shape index (κ1) is 17.3. The smallest absolute Gasteiger partial charge is 0.263 e. The number of rotatable bonds is 8. The molecule has 0 fully saturated rings. The van der Waals surface area contributed by atoms with Gasteiger partial charge in [-0.3, -0.25) is 9.59 Å². The van der Waals surface area contributed by atoms with Crippen LogP contribution in [-0.2, 0) is 4.74 Å². The molecule has 1 aromatic heterocycles. The molecule has 0 saturated heterocycles. The van der Waals surface area contributed by atoms with E-state index in [0.29, 0.717) is 41.7 Å². The summed E-state index contributed by atoms with van der Waals surface area (Å²) < 4.78 is 5.24. The molecule has 2 amide bonds. The number of carbonyl (C=O) groups is 2. The molecule has 5 N–H and O–H groups in total. The molecule has 0 aliphatic rings. The molecule has 0 atom stereocenters. The quantitative estimate of drug-likeness (QED) is 0.533.